The second-order valence-corrected chi connectivity index (χ2v) is 14.3. The highest BCUT2D eigenvalue weighted by Gasteiger charge is 2.48. The number of nitrogens with zero attached hydrogens (tertiary/aromatic N) is 5. The molecule has 0 spiro atoms. The second kappa shape index (κ2) is 11.3. The number of aromatic nitrogens is 2. The fraction of sp³-hybridized carbons (Fsp3) is 0.486. The minimum atomic E-state index is -0.920. The molecule has 1 saturated carbocycles. The van der Waals surface area contributed by atoms with Gasteiger partial charge in [-0.3, -0.25) is 4.90 Å². The summed E-state index contributed by atoms with van der Waals surface area (Å²) in [6.07, 6.45) is 5.25. The van der Waals surface area contributed by atoms with Crippen LogP contribution in [-0.2, 0) is 6.42 Å². The first-order valence-electron chi connectivity index (χ1n) is 16.9. The number of aromatic hydroxyl groups is 1. The van der Waals surface area contributed by atoms with Crippen LogP contribution in [0.1, 0.15) is 51.5 Å². The van der Waals surface area contributed by atoms with Crippen molar-refractivity contribution in [1.29, 1.82) is 5.26 Å². The SMILES string of the molecule is CCc1c(F)ccc2cc(O)cc(-c3c(F)cc4c(N5C[C@H]6CC[C@@H](C5)[C@@H]6C#N)nc(OC[C@@]56CCCN5C[C@H](C)C6)nc4c3F)c12. The van der Waals surface area contributed by atoms with Crippen LogP contribution in [0.3, 0.4) is 0 Å². The summed E-state index contributed by atoms with van der Waals surface area (Å²) in [7, 11) is 0. The van der Waals surface area contributed by atoms with Crippen LogP contribution in [0.2, 0.25) is 0 Å². The summed E-state index contributed by atoms with van der Waals surface area (Å²) in [6, 6.07) is 9.33. The number of rotatable bonds is 6. The van der Waals surface area contributed by atoms with E-state index in [1.807, 2.05) is 4.90 Å². The zero-order valence-electron chi connectivity index (χ0n) is 26.7. The molecular formula is C37H38F3N5O2. The molecule has 0 radical (unpaired) electrons. The van der Waals surface area contributed by atoms with Crippen molar-refractivity contribution in [2.75, 3.05) is 37.7 Å². The lowest BCUT2D eigenvalue weighted by Crippen LogP contribution is -2.44. The zero-order chi connectivity index (χ0) is 32.6. The molecule has 4 aliphatic rings. The number of phenols is 1. The van der Waals surface area contributed by atoms with Crippen molar-refractivity contribution in [2.45, 2.75) is 57.9 Å². The maximum atomic E-state index is 17.0. The average Bonchev–Trinajstić information content (AvgIpc) is 3.66. The Morgan fingerprint density at radius 2 is 1.85 bits per heavy atom. The highest BCUT2D eigenvalue weighted by Crippen LogP contribution is 2.46. The van der Waals surface area contributed by atoms with Gasteiger partial charge >= 0.3 is 6.01 Å². The van der Waals surface area contributed by atoms with Gasteiger partial charge in [0.15, 0.2) is 5.82 Å². The van der Waals surface area contributed by atoms with E-state index in [0.717, 1.165) is 45.2 Å². The Balaban J connectivity index is 1.30. The molecule has 10 heteroatoms. The molecule has 4 heterocycles. The van der Waals surface area contributed by atoms with Crippen LogP contribution in [0.25, 0.3) is 32.8 Å². The smallest absolute Gasteiger partial charge is 0.319 e. The van der Waals surface area contributed by atoms with Gasteiger partial charge in [0.05, 0.1) is 23.1 Å². The lowest BCUT2D eigenvalue weighted by Gasteiger charge is -2.36. The summed E-state index contributed by atoms with van der Waals surface area (Å²) < 4.78 is 54.7. The van der Waals surface area contributed by atoms with Crippen LogP contribution >= 0.6 is 0 Å². The Morgan fingerprint density at radius 1 is 1.06 bits per heavy atom. The summed E-state index contributed by atoms with van der Waals surface area (Å²) >= 11 is 0. The van der Waals surface area contributed by atoms with E-state index >= 15 is 13.2 Å². The van der Waals surface area contributed by atoms with Crippen molar-refractivity contribution in [2.24, 2.45) is 23.7 Å². The lowest BCUT2D eigenvalue weighted by atomic mass is 9.86. The molecule has 0 unspecified atom stereocenters. The molecule has 3 saturated heterocycles. The number of hydrogen-bond acceptors (Lipinski definition) is 7. The van der Waals surface area contributed by atoms with Gasteiger partial charge < -0.3 is 14.7 Å². The molecule has 1 N–H and O–H groups in total. The van der Waals surface area contributed by atoms with E-state index in [1.54, 1.807) is 6.92 Å². The molecule has 1 aliphatic carbocycles. The van der Waals surface area contributed by atoms with Gasteiger partial charge in [0, 0.05) is 25.0 Å². The van der Waals surface area contributed by atoms with Gasteiger partial charge in [0.25, 0.3) is 0 Å². The quantitative estimate of drug-likeness (QED) is 0.235. The second-order valence-electron chi connectivity index (χ2n) is 14.3. The topological polar surface area (TPSA) is 85.5 Å². The first-order chi connectivity index (χ1) is 22.7. The Hall–Kier alpha value is -4.10. The van der Waals surface area contributed by atoms with Gasteiger partial charge in [-0.2, -0.15) is 15.2 Å². The van der Waals surface area contributed by atoms with Crippen molar-refractivity contribution in [3.05, 3.63) is 53.3 Å². The summed E-state index contributed by atoms with van der Waals surface area (Å²) in [6.45, 7) is 7.53. The third-order valence-electron chi connectivity index (χ3n) is 11.4. The summed E-state index contributed by atoms with van der Waals surface area (Å²) in [5.41, 5.74) is -0.226. The third-order valence-corrected chi connectivity index (χ3v) is 11.4. The fourth-order valence-corrected chi connectivity index (χ4v) is 9.38. The summed E-state index contributed by atoms with van der Waals surface area (Å²) in [5, 5.41) is 21.5. The van der Waals surface area contributed by atoms with E-state index in [0.29, 0.717) is 54.2 Å². The minimum absolute atomic E-state index is 0.0283. The molecule has 3 aliphatic heterocycles. The Labute approximate surface area is 272 Å². The first-order valence-corrected chi connectivity index (χ1v) is 16.9. The molecular weight excluding hydrogens is 603 g/mol. The van der Waals surface area contributed by atoms with Crippen LogP contribution in [0.15, 0.2) is 30.3 Å². The van der Waals surface area contributed by atoms with Crippen LogP contribution in [0.4, 0.5) is 19.0 Å². The molecule has 8 rings (SSSR count). The maximum Gasteiger partial charge on any atom is 0.319 e. The lowest BCUT2D eigenvalue weighted by molar-refractivity contribution is 0.107. The Bertz CT molecular complexity index is 1950. The van der Waals surface area contributed by atoms with Crippen molar-refractivity contribution >= 4 is 27.5 Å². The van der Waals surface area contributed by atoms with Crippen molar-refractivity contribution < 1.29 is 23.0 Å². The maximum absolute atomic E-state index is 17.0. The van der Waals surface area contributed by atoms with Gasteiger partial charge in [-0.15, -0.1) is 0 Å². The van der Waals surface area contributed by atoms with Gasteiger partial charge in [-0.1, -0.05) is 19.9 Å². The van der Waals surface area contributed by atoms with Crippen molar-refractivity contribution in [3.8, 4) is 29.0 Å². The van der Waals surface area contributed by atoms with Gasteiger partial charge in [-0.25, -0.2) is 13.2 Å². The predicted molar refractivity (Wildman–Crippen MR) is 174 cm³/mol. The number of halogens is 3. The largest absolute Gasteiger partial charge is 0.508 e. The van der Waals surface area contributed by atoms with Gasteiger partial charge in [0.1, 0.15) is 35.3 Å². The number of anilines is 1. The monoisotopic (exact) mass is 641 g/mol. The van der Waals surface area contributed by atoms with Crippen LogP contribution in [0, 0.1) is 52.5 Å². The first kappa shape index (κ1) is 30.2. The fourth-order valence-electron chi connectivity index (χ4n) is 9.38. The molecule has 3 aromatic carbocycles. The average molecular weight is 642 g/mol. The predicted octanol–water partition coefficient (Wildman–Crippen LogP) is 7.37. The number of aryl methyl sites for hydroxylation is 1. The van der Waals surface area contributed by atoms with E-state index in [9.17, 15) is 10.4 Å². The van der Waals surface area contributed by atoms with Crippen LogP contribution in [0.5, 0.6) is 11.8 Å². The summed E-state index contributed by atoms with van der Waals surface area (Å²) in [4.78, 5) is 13.9. The van der Waals surface area contributed by atoms with E-state index in [4.69, 9.17) is 9.72 Å². The van der Waals surface area contributed by atoms with Gasteiger partial charge in [0.2, 0.25) is 0 Å². The molecule has 4 fully saturated rings. The minimum Gasteiger partial charge on any atom is -0.508 e. The number of fused-ring (bicyclic) bond motifs is 5. The molecule has 1 aromatic heterocycles. The Kier molecular flexibility index (Phi) is 7.25. The molecule has 0 amide bonds. The molecule has 4 aromatic rings. The number of benzene rings is 3. The highest BCUT2D eigenvalue weighted by atomic mass is 19.1. The van der Waals surface area contributed by atoms with Crippen molar-refractivity contribution in [1.82, 2.24) is 14.9 Å². The number of piperidine rings is 1. The molecule has 5 atom stereocenters. The molecule has 244 valence electrons. The normalized spacial score (nSPS) is 27.1. The number of phenolic OH excluding ortho intramolecular Hbond substituents is 1. The third kappa shape index (κ3) is 4.80. The number of ether oxygens (including phenoxy) is 1. The summed E-state index contributed by atoms with van der Waals surface area (Å²) in [5.74, 6) is -1.26. The van der Waals surface area contributed by atoms with Crippen LogP contribution in [-0.4, -0.2) is 58.3 Å². The van der Waals surface area contributed by atoms with Crippen molar-refractivity contribution in [3.63, 3.8) is 0 Å². The Morgan fingerprint density at radius 3 is 2.60 bits per heavy atom. The van der Waals surface area contributed by atoms with E-state index < -0.39 is 17.5 Å². The molecule has 7 nitrogen and oxygen atoms in total. The van der Waals surface area contributed by atoms with E-state index in [-0.39, 0.29) is 57.1 Å². The molecule has 47 heavy (non-hydrogen) atoms. The number of nitriles is 1. The van der Waals surface area contributed by atoms with Gasteiger partial charge in [-0.05, 0) is 109 Å². The van der Waals surface area contributed by atoms with Crippen LogP contribution < -0.4 is 9.64 Å². The standard InChI is InChI=1S/C37H38F3N5O2/c1-3-25-29(38)8-7-21-11-24(46)12-26(31(21)25)32-30(39)13-27-34(33(32)40)42-36(47-19-37-9-4-10-45(37)16-20(2)14-37)43-35(27)44-17-22-5-6-23(18-44)28(22)15-41/h7-8,11-13,20,22-23,28,46H,3-6,9-10,14,16-19H2,1-2H3/t20-,22-,23+,28-,37+/m1/s1. The molecule has 2 bridgehead atoms. The van der Waals surface area contributed by atoms with E-state index in [1.165, 1.54) is 30.3 Å². The number of hydrogen-bond donors (Lipinski definition) is 1. The van der Waals surface area contributed by atoms with E-state index in [2.05, 4.69) is 22.9 Å². The highest BCUT2D eigenvalue weighted by molar-refractivity contribution is 6.03. The zero-order valence-corrected chi connectivity index (χ0v) is 26.7.